The number of imidazole rings is 1. The molecule has 0 aliphatic heterocycles. The SMILES string of the molecule is CCCN(CCOc1c(Cl)cc(Cl)cc1Cl)C(=O)n1cc[n+](C)c1. The van der Waals surface area contributed by atoms with E-state index in [-0.39, 0.29) is 12.6 Å². The van der Waals surface area contributed by atoms with Crippen LogP contribution >= 0.6 is 34.8 Å². The zero-order valence-electron chi connectivity index (χ0n) is 13.5. The van der Waals surface area contributed by atoms with Crippen LogP contribution in [0.2, 0.25) is 15.1 Å². The monoisotopic (exact) mass is 390 g/mol. The maximum absolute atomic E-state index is 12.5. The molecule has 2 aromatic rings. The van der Waals surface area contributed by atoms with E-state index in [0.29, 0.717) is 33.9 Å². The van der Waals surface area contributed by atoms with Gasteiger partial charge >= 0.3 is 6.03 Å². The number of ether oxygens (including phenoxy) is 1. The van der Waals surface area contributed by atoms with Crippen LogP contribution in [0.1, 0.15) is 13.3 Å². The summed E-state index contributed by atoms with van der Waals surface area (Å²) in [6.07, 6.45) is 6.10. The minimum Gasteiger partial charge on any atom is -0.489 e. The van der Waals surface area contributed by atoms with Gasteiger partial charge in [-0.2, -0.15) is 4.57 Å². The number of benzene rings is 1. The highest BCUT2D eigenvalue weighted by Crippen LogP contribution is 2.35. The molecule has 0 saturated heterocycles. The van der Waals surface area contributed by atoms with Crippen molar-refractivity contribution in [2.24, 2.45) is 7.05 Å². The van der Waals surface area contributed by atoms with Crippen molar-refractivity contribution in [2.45, 2.75) is 13.3 Å². The Morgan fingerprint density at radius 2 is 1.92 bits per heavy atom. The molecule has 0 aliphatic rings. The first kappa shape index (κ1) is 18.9. The molecule has 0 radical (unpaired) electrons. The van der Waals surface area contributed by atoms with Gasteiger partial charge in [-0.3, -0.25) is 0 Å². The van der Waals surface area contributed by atoms with Crippen LogP contribution in [0.5, 0.6) is 5.75 Å². The lowest BCUT2D eigenvalue weighted by molar-refractivity contribution is -0.670. The van der Waals surface area contributed by atoms with Crippen molar-refractivity contribution in [3.63, 3.8) is 0 Å². The van der Waals surface area contributed by atoms with Gasteiger partial charge in [0.15, 0.2) is 5.75 Å². The van der Waals surface area contributed by atoms with Gasteiger partial charge in [0, 0.05) is 11.6 Å². The quantitative estimate of drug-likeness (QED) is 0.697. The predicted molar refractivity (Wildman–Crippen MR) is 95.2 cm³/mol. The van der Waals surface area contributed by atoms with E-state index >= 15 is 0 Å². The number of rotatable bonds is 6. The van der Waals surface area contributed by atoms with Gasteiger partial charge in [-0.25, -0.2) is 9.36 Å². The molecule has 1 aromatic heterocycles. The lowest BCUT2D eigenvalue weighted by atomic mass is 10.3. The summed E-state index contributed by atoms with van der Waals surface area (Å²) < 4.78 is 9.01. The average Bonchev–Trinajstić information content (AvgIpc) is 2.94. The first-order chi connectivity index (χ1) is 11.4. The molecule has 0 N–H and O–H groups in total. The third kappa shape index (κ3) is 4.79. The van der Waals surface area contributed by atoms with Crippen LogP contribution in [0.25, 0.3) is 0 Å². The van der Waals surface area contributed by atoms with Gasteiger partial charge in [0.05, 0.1) is 23.6 Å². The van der Waals surface area contributed by atoms with Gasteiger partial charge in [-0.15, -0.1) is 0 Å². The normalized spacial score (nSPS) is 10.7. The molecule has 130 valence electrons. The summed E-state index contributed by atoms with van der Waals surface area (Å²) in [7, 11) is 1.86. The van der Waals surface area contributed by atoms with Crippen molar-refractivity contribution in [1.29, 1.82) is 0 Å². The number of carbonyl (C=O) groups is 1. The Bertz CT molecular complexity index is 695. The second kappa shape index (κ2) is 8.60. The predicted octanol–water partition coefficient (Wildman–Crippen LogP) is 4.03. The Labute approximate surface area is 156 Å². The lowest BCUT2D eigenvalue weighted by Gasteiger charge is -2.20. The van der Waals surface area contributed by atoms with E-state index in [0.717, 1.165) is 6.42 Å². The van der Waals surface area contributed by atoms with Crippen LogP contribution in [0.15, 0.2) is 30.9 Å². The van der Waals surface area contributed by atoms with E-state index in [2.05, 4.69) is 0 Å². The van der Waals surface area contributed by atoms with Gasteiger partial charge < -0.3 is 9.64 Å². The fourth-order valence-corrected chi connectivity index (χ4v) is 3.15. The molecule has 8 heteroatoms. The Balaban J connectivity index is 2.01. The average molecular weight is 392 g/mol. The molecular formula is C16H19Cl3N3O2+. The highest BCUT2D eigenvalue weighted by atomic mass is 35.5. The zero-order chi connectivity index (χ0) is 17.7. The van der Waals surface area contributed by atoms with Crippen molar-refractivity contribution < 1.29 is 14.1 Å². The fourth-order valence-electron chi connectivity index (χ4n) is 2.22. The van der Waals surface area contributed by atoms with E-state index in [1.807, 2.05) is 24.7 Å². The summed E-state index contributed by atoms with van der Waals surface area (Å²) in [5, 5.41) is 1.14. The first-order valence-corrected chi connectivity index (χ1v) is 8.65. The molecule has 1 amide bonds. The zero-order valence-corrected chi connectivity index (χ0v) is 15.8. The smallest absolute Gasteiger partial charge is 0.415 e. The van der Waals surface area contributed by atoms with E-state index in [1.54, 1.807) is 29.6 Å². The molecule has 5 nitrogen and oxygen atoms in total. The minimum atomic E-state index is -0.102. The molecule has 2 rings (SSSR count). The molecule has 0 atom stereocenters. The van der Waals surface area contributed by atoms with Gasteiger partial charge in [0.2, 0.25) is 0 Å². The Kier molecular flexibility index (Phi) is 6.78. The molecule has 0 saturated carbocycles. The summed E-state index contributed by atoms with van der Waals surface area (Å²) in [6.45, 7) is 3.35. The van der Waals surface area contributed by atoms with Crippen molar-refractivity contribution >= 4 is 40.8 Å². The van der Waals surface area contributed by atoms with Gasteiger partial charge in [0.1, 0.15) is 19.0 Å². The largest absolute Gasteiger partial charge is 0.489 e. The van der Waals surface area contributed by atoms with Crippen LogP contribution in [-0.4, -0.2) is 35.2 Å². The number of amides is 1. The molecule has 24 heavy (non-hydrogen) atoms. The summed E-state index contributed by atoms with van der Waals surface area (Å²) in [5.41, 5.74) is 0. The summed E-state index contributed by atoms with van der Waals surface area (Å²) >= 11 is 18.1. The van der Waals surface area contributed by atoms with Crippen LogP contribution in [0, 0.1) is 0 Å². The lowest BCUT2D eigenvalue weighted by Crippen LogP contribution is -2.38. The molecule has 0 bridgehead atoms. The molecule has 0 spiro atoms. The summed E-state index contributed by atoms with van der Waals surface area (Å²) in [6, 6.07) is 3.03. The molecule has 0 fully saturated rings. The topological polar surface area (TPSA) is 38.4 Å². The first-order valence-electron chi connectivity index (χ1n) is 7.52. The molecule has 0 unspecified atom stereocenters. The molecule has 1 aromatic carbocycles. The molecular weight excluding hydrogens is 373 g/mol. The van der Waals surface area contributed by atoms with Crippen LogP contribution in [0.4, 0.5) is 4.79 Å². The third-order valence-electron chi connectivity index (χ3n) is 3.32. The molecule has 1 heterocycles. The summed E-state index contributed by atoms with van der Waals surface area (Å²) in [5.74, 6) is 0.374. The minimum absolute atomic E-state index is 0.102. The third-order valence-corrected chi connectivity index (χ3v) is 4.10. The summed E-state index contributed by atoms with van der Waals surface area (Å²) in [4.78, 5) is 14.2. The van der Waals surface area contributed by atoms with Crippen molar-refractivity contribution in [2.75, 3.05) is 19.7 Å². The van der Waals surface area contributed by atoms with Crippen LogP contribution in [-0.2, 0) is 7.05 Å². The van der Waals surface area contributed by atoms with Gasteiger partial charge in [-0.1, -0.05) is 41.7 Å². The van der Waals surface area contributed by atoms with Crippen molar-refractivity contribution in [3.8, 4) is 5.75 Å². The molecule has 0 aliphatic carbocycles. The number of nitrogens with zero attached hydrogens (tertiary/aromatic N) is 3. The number of hydrogen-bond donors (Lipinski definition) is 0. The number of carbonyl (C=O) groups excluding carboxylic acids is 1. The van der Waals surface area contributed by atoms with Crippen LogP contribution < -0.4 is 9.30 Å². The van der Waals surface area contributed by atoms with Gasteiger partial charge in [-0.05, 0) is 18.6 Å². The second-order valence-corrected chi connectivity index (χ2v) is 6.55. The standard InChI is InChI=1S/C16H19Cl3N3O2/c1-3-4-21(16(23)22-6-5-20(2)11-22)7-8-24-15-13(18)9-12(17)10-14(15)19/h5-6,9-11H,3-4,7-8H2,1-2H3/q+1. The number of aryl methyl sites for hydroxylation is 1. The highest BCUT2D eigenvalue weighted by molar-refractivity contribution is 6.40. The fraction of sp³-hybridized carbons (Fsp3) is 0.375. The second-order valence-electron chi connectivity index (χ2n) is 5.30. The van der Waals surface area contributed by atoms with Gasteiger partial charge in [0.25, 0.3) is 6.33 Å². The van der Waals surface area contributed by atoms with Crippen molar-refractivity contribution in [1.82, 2.24) is 9.47 Å². The number of hydrogen-bond acceptors (Lipinski definition) is 2. The number of aromatic nitrogens is 2. The maximum Gasteiger partial charge on any atom is 0.415 e. The highest BCUT2D eigenvalue weighted by Gasteiger charge is 2.20. The Morgan fingerprint density at radius 1 is 1.25 bits per heavy atom. The van der Waals surface area contributed by atoms with Crippen LogP contribution in [0.3, 0.4) is 0 Å². The van der Waals surface area contributed by atoms with Crippen molar-refractivity contribution in [3.05, 3.63) is 45.9 Å². The Hall–Kier alpha value is -1.43. The Morgan fingerprint density at radius 3 is 2.46 bits per heavy atom. The van der Waals surface area contributed by atoms with E-state index in [9.17, 15) is 4.79 Å². The maximum atomic E-state index is 12.5. The number of halogens is 3. The van der Waals surface area contributed by atoms with E-state index in [4.69, 9.17) is 39.5 Å². The van der Waals surface area contributed by atoms with E-state index < -0.39 is 0 Å². The van der Waals surface area contributed by atoms with E-state index in [1.165, 1.54) is 4.57 Å².